The molecule has 0 saturated carbocycles. The predicted molar refractivity (Wildman–Crippen MR) is 81.1 cm³/mol. The summed E-state index contributed by atoms with van der Waals surface area (Å²) in [4.78, 5) is 12.5. The van der Waals surface area contributed by atoms with Gasteiger partial charge < -0.3 is 0 Å². The topological polar surface area (TPSA) is 17.1 Å². The smallest absolute Gasteiger partial charge is 0.196 e. The monoisotopic (exact) mass is 332 g/mol. The van der Waals surface area contributed by atoms with E-state index in [1.165, 1.54) is 12.1 Å². The minimum absolute atomic E-state index is 0.224. The summed E-state index contributed by atoms with van der Waals surface area (Å²) in [6.07, 6.45) is 0. The number of hydrogen-bond donors (Lipinski definition) is 0. The molecule has 98 valence electrons. The van der Waals surface area contributed by atoms with Crippen molar-refractivity contribution in [3.8, 4) is 0 Å². The van der Waals surface area contributed by atoms with E-state index in [4.69, 9.17) is 46.4 Å². The van der Waals surface area contributed by atoms with Crippen molar-refractivity contribution in [3.05, 3.63) is 67.1 Å². The summed E-state index contributed by atoms with van der Waals surface area (Å²) >= 11 is 23.8. The lowest BCUT2D eigenvalue weighted by atomic mass is 9.99. The first-order chi connectivity index (χ1) is 8.90. The quantitative estimate of drug-likeness (QED) is 0.631. The van der Waals surface area contributed by atoms with Gasteiger partial charge in [-0.05, 0) is 36.8 Å². The summed E-state index contributed by atoms with van der Waals surface area (Å²) in [7, 11) is 0. The molecule has 0 N–H and O–H groups in total. The van der Waals surface area contributed by atoms with Gasteiger partial charge in [-0.2, -0.15) is 0 Å². The summed E-state index contributed by atoms with van der Waals surface area (Å²) in [5.41, 5.74) is 1.51. The Hall–Kier alpha value is -0.730. The van der Waals surface area contributed by atoms with Crippen LogP contribution in [0.4, 0.5) is 0 Å². The van der Waals surface area contributed by atoms with Crippen molar-refractivity contribution >= 4 is 52.2 Å². The molecule has 0 amide bonds. The average molecular weight is 334 g/mol. The first-order valence-electron chi connectivity index (χ1n) is 5.35. The molecule has 0 unspecified atom stereocenters. The van der Waals surface area contributed by atoms with Crippen LogP contribution in [0.25, 0.3) is 0 Å². The molecule has 0 bridgehead atoms. The molecule has 5 heteroatoms. The molecule has 0 aliphatic carbocycles. The summed E-state index contributed by atoms with van der Waals surface area (Å²) in [5.74, 6) is -0.272. The van der Waals surface area contributed by atoms with E-state index in [1.807, 2.05) is 6.92 Å². The molecule has 19 heavy (non-hydrogen) atoms. The molecule has 0 radical (unpaired) electrons. The van der Waals surface area contributed by atoms with Crippen LogP contribution in [0.2, 0.25) is 20.1 Å². The van der Waals surface area contributed by atoms with Crippen LogP contribution in [0.1, 0.15) is 21.5 Å². The van der Waals surface area contributed by atoms with Crippen LogP contribution in [-0.4, -0.2) is 5.78 Å². The van der Waals surface area contributed by atoms with E-state index in [0.717, 1.165) is 5.56 Å². The van der Waals surface area contributed by atoms with Gasteiger partial charge in [0.25, 0.3) is 0 Å². The van der Waals surface area contributed by atoms with Crippen molar-refractivity contribution in [1.82, 2.24) is 0 Å². The van der Waals surface area contributed by atoms with E-state index in [2.05, 4.69) is 0 Å². The highest BCUT2D eigenvalue weighted by atomic mass is 35.5. The molecule has 0 spiro atoms. The lowest BCUT2D eigenvalue weighted by Gasteiger charge is -2.09. The van der Waals surface area contributed by atoms with Crippen LogP contribution in [0.3, 0.4) is 0 Å². The van der Waals surface area contributed by atoms with Crippen molar-refractivity contribution < 1.29 is 4.79 Å². The maximum atomic E-state index is 12.5. The zero-order chi connectivity index (χ0) is 14.2. The number of ketones is 1. The van der Waals surface area contributed by atoms with E-state index in [-0.39, 0.29) is 21.4 Å². The predicted octanol–water partition coefficient (Wildman–Crippen LogP) is 5.84. The van der Waals surface area contributed by atoms with Gasteiger partial charge in [0, 0.05) is 15.6 Å². The SMILES string of the molecule is Cc1ccc(Cl)cc1C(=O)c1c(Cl)cc(Cl)cc1Cl. The standard InChI is InChI=1S/C14H8Cl4O/c1-7-2-3-8(15)4-10(7)14(19)13-11(17)5-9(16)6-12(13)18/h2-6H,1H3. The van der Waals surface area contributed by atoms with E-state index in [1.54, 1.807) is 18.2 Å². The van der Waals surface area contributed by atoms with Crippen LogP contribution in [0.5, 0.6) is 0 Å². The van der Waals surface area contributed by atoms with Crippen LogP contribution in [0.15, 0.2) is 30.3 Å². The molecule has 0 atom stereocenters. The van der Waals surface area contributed by atoms with E-state index >= 15 is 0 Å². The molecular weight excluding hydrogens is 326 g/mol. The van der Waals surface area contributed by atoms with E-state index in [0.29, 0.717) is 15.6 Å². The van der Waals surface area contributed by atoms with Gasteiger partial charge in [0.1, 0.15) is 0 Å². The fraction of sp³-hybridized carbons (Fsp3) is 0.0714. The second kappa shape index (κ2) is 5.72. The lowest BCUT2D eigenvalue weighted by molar-refractivity contribution is 0.103. The Morgan fingerprint density at radius 3 is 2.05 bits per heavy atom. The second-order valence-corrected chi connectivity index (χ2v) is 5.72. The molecule has 0 fully saturated rings. The fourth-order valence-corrected chi connectivity index (χ4v) is 2.89. The molecular formula is C14H8Cl4O. The highest BCUT2D eigenvalue weighted by molar-refractivity contribution is 6.43. The molecule has 0 aliphatic heterocycles. The van der Waals surface area contributed by atoms with Gasteiger partial charge in [-0.15, -0.1) is 0 Å². The third-order valence-electron chi connectivity index (χ3n) is 2.68. The van der Waals surface area contributed by atoms with Gasteiger partial charge in [0.2, 0.25) is 0 Å². The molecule has 0 aliphatic rings. The zero-order valence-electron chi connectivity index (χ0n) is 9.81. The summed E-state index contributed by atoms with van der Waals surface area (Å²) in [6, 6.07) is 8.07. The third-order valence-corrected chi connectivity index (χ3v) is 3.73. The number of halogens is 4. The van der Waals surface area contributed by atoms with Crippen molar-refractivity contribution in [2.45, 2.75) is 6.92 Å². The number of rotatable bonds is 2. The molecule has 2 rings (SSSR count). The number of carbonyl (C=O) groups excluding carboxylic acids is 1. The summed E-state index contributed by atoms with van der Waals surface area (Å²) < 4.78 is 0. The lowest BCUT2D eigenvalue weighted by Crippen LogP contribution is -2.05. The molecule has 1 nitrogen and oxygen atoms in total. The van der Waals surface area contributed by atoms with Gasteiger partial charge in [0.15, 0.2) is 5.78 Å². The van der Waals surface area contributed by atoms with Gasteiger partial charge in [-0.1, -0.05) is 52.5 Å². The number of carbonyl (C=O) groups is 1. The maximum absolute atomic E-state index is 12.5. The number of aryl methyl sites for hydroxylation is 1. The highest BCUT2D eigenvalue weighted by Gasteiger charge is 2.19. The van der Waals surface area contributed by atoms with Gasteiger partial charge in [-0.25, -0.2) is 0 Å². The Morgan fingerprint density at radius 2 is 1.47 bits per heavy atom. The van der Waals surface area contributed by atoms with E-state index < -0.39 is 0 Å². The highest BCUT2D eigenvalue weighted by Crippen LogP contribution is 2.32. The molecule has 0 heterocycles. The first-order valence-corrected chi connectivity index (χ1v) is 6.86. The van der Waals surface area contributed by atoms with Crippen LogP contribution >= 0.6 is 46.4 Å². The van der Waals surface area contributed by atoms with Gasteiger partial charge in [-0.3, -0.25) is 4.79 Å². The van der Waals surface area contributed by atoms with Crippen molar-refractivity contribution in [2.75, 3.05) is 0 Å². The Bertz CT molecular complexity index is 641. The van der Waals surface area contributed by atoms with Crippen LogP contribution < -0.4 is 0 Å². The number of hydrogen-bond acceptors (Lipinski definition) is 1. The van der Waals surface area contributed by atoms with Gasteiger partial charge >= 0.3 is 0 Å². The Kier molecular flexibility index (Phi) is 4.42. The van der Waals surface area contributed by atoms with Crippen LogP contribution in [-0.2, 0) is 0 Å². The Balaban J connectivity index is 2.59. The van der Waals surface area contributed by atoms with Crippen LogP contribution in [0, 0.1) is 6.92 Å². The summed E-state index contributed by atoms with van der Waals surface area (Å²) in [5, 5.41) is 1.31. The Labute approximate surface area is 131 Å². The molecule has 2 aromatic rings. The minimum atomic E-state index is -0.272. The van der Waals surface area contributed by atoms with Gasteiger partial charge in [0.05, 0.1) is 15.6 Å². The molecule has 0 saturated heterocycles. The van der Waals surface area contributed by atoms with E-state index in [9.17, 15) is 4.79 Å². The maximum Gasteiger partial charge on any atom is 0.196 e. The zero-order valence-corrected chi connectivity index (χ0v) is 12.8. The third kappa shape index (κ3) is 3.06. The average Bonchev–Trinajstić information content (AvgIpc) is 2.30. The van der Waals surface area contributed by atoms with Crippen molar-refractivity contribution in [1.29, 1.82) is 0 Å². The fourth-order valence-electron chi connectivity index (χ4n) is 1.73. The summed E-state index contributed by atoms with van der Waals surface area (Å²) in [6.45, 7) is 1.82. The normalized spacial score (nSPS) is 10.6. The largest absolute Gasteiger partial charge is 0.288 e. The number of benzene rings is 2. The molecule has 0 aromatic heterocycles. The Morgan fingerprint density at radius 1 is 0.895 bits per heavy atom. The second-order valence-electron chi connectivity index (χ2n) is 4.03. The van der Waals surface area contributed by atoms with Crippen molar-refractivity contribution in [3.63, 3.8) is 0 Å². The molecule has 2 aromatic carbocycles. The minimum Gasteiger partial charge on any atom is -0.288 e. The van der Waals surface area contributed by atoms with Crippen molar-refractivity contribution in [2.24, 2.45) is 0 Å². The first kappa shape index (κ1) is 14.7.